The molecule has 3 aromatic rings. The first-order valence-electron chi connectivity index (χ1n) is 9.65. The maximum Gasteiger partial charge on any atom is 0.274 e. The van der Waals surface area contributed by atoms with Crippen LogP contribution in [-0.2, 0) is 6.42 Å². The predicted molar refractivity (Wildman–Crippen MR) is 113 cm³/mol. The van der Waals surface area contributed by atoms with Crippen LogP contribution in [0.3, 0.4) is 0 Å². The molecule has 0 atom stereocenters. The molecular formula is C23H22N4O2. The van der Waals surface area contributed by atoms with E-state index in [0.29, 0.717) is 28.6 Å². The maximum atomic E-state index is 12.8. The zero-order valence-corrected chi connectivity index (χ0v) is 16.5. The SMILES string of the molecule is CC(=O)c1cccc(NC(=O)c2cc(N3CCCc4ccccc43)nc(C)n2)c1. The molecule has 0 aliphatic carbocycles. The minimum absolute atomic E-state index is 0.0509. The van der Waals surface area contributed by atoms with Crippen LogP contribution in [0.4, 0.5) is 17.2 Å². The molecule has 0 saturated heterocycles. The Labute approximate surface area is 169 Å². The summed E-state index contributed by atoms with van der Waals surface area (Å²) in [7, 11) is 0. The molecule has 0 bridgehead atoms. The molecule has 1 aromatic heterocycles. The normalized spacial score (nSPS) is 13.0. The van der Waals surface area contributed by atoms with Gasteiger partial charge in [0.25, 0.3) is 5.91 Å². The third kappa shape index (κ3) is 4.01. The monoisotopic (exact) mass is 386 g/mol. The van der Waals surface area contributed by atoms with Crippen molar-refractivity contribution in [1.82, 2.24) is 9.97 Å². The summed E-state index contributed by atoms with van der Waals surface area (Å²) in [5.41, 5.74) is 3.80. The first-order valence-corrected chi connectivity index (χ1v) is 9.65. The van der Waals surface area contributed by atoms with E-state index in [1.807, 2.05) is 12.1 Å². The predicted octanol–water partition coefficient (Wildman–Crippen LogP) is 4.32. The van der Waals surface area contributed by atoms with E-state index in [9.17, 15) is 9.59 Å². The highest BCUT2D eigenvalue weighted by Crippen LogP contribution is 2.32. The maximum absolute atomic E-state index is 12.8. The molecule has 29 heavy (non-hydrogen) atoms. The van der Waals surface area contributed by atoms with Crippen LogP contribution in [-0.4, -0.2) is 28.2 Å². The average Bonchev–Trinajstić information content (AvgIpc) is 2.73. The lowest BCUT2D eigenvalue weighted by atomic mass is 10.0. The molecule has 4 rings (SSSR count). The quantitative estimate of drug-likeness (QED) is 0.676. The Morgan fingerprint density at radius 1 is 1.03 bits per heavy atom. The van der Waals surface area contributed by atoms with Gasteiger partial charge in [0.05, 0.1) is 0 Å². The standard InChI is InChI=1S/C23H22N4O2/c1-15(28)18-8-5-10-19(13-18)26-23(29)20-14-22(25-16(2)24-20)27-12-6-9-17-7-3-4-11-21(17)27/h3-5,7-8,10-11,13-14H,6,9,12H2,1-2H3,(H,26,29). The molecule has 1 N–H and O–H groups in total. The fraction of sp³-hybridized carbons (Fsp3) is 0.217. The van der Waals surface area contributed by atoms with Crippen molar-refractivity contribution in [2.45, 2.75) is 26.7 Å². The molecule has 2 heterocycles. The zero-order valence-electron chi connectivity index (χ0n) is 16.5. The van der Waals surface area contributed by atoms with Gasteiger partial charge in [0, 0.05) is 29.5 Å². The number of aryl methyl sites for hydroxylation is 2. The molecule has 0 unspecified atom stereocenters. The van der Waals surface area contributed by atoms with Crippen LogP contribution in [0.2, 0.25) is 0 Å². The molecule has 146 valence electrons. The number of para-hydroxylation sites is 1. The molecule has 2 aromatic carbocycles. The number of carbonyl (C=O) groups is 2. The number of nitrogens with one attached hydrogen (secondary N) is 1. The second-order valence-corrected chi connectivity index (χ2v) is 7.13. The van der Waals surface area contributed by atoms with Crippen LogP contribution >= 0.6 is 0 Å². The van der Waals surface area contributed by atoms with Crippen molar-refractivity contribution in [3.63, 3.8) is 0 Å². The van der Waals surface area contributed by atoms with Crippen molar-refractivity contribution in [3.05, 3.63) is 77.2 Å². The van der Waals surface area contributed by atoms with E-state index in [0.717, 1.165) is 25.1 Å². The van der Waals surface area contributed by atoms with E-state index in [2.05, 4.69) is 32.3 Å². The van der Waals surface area contributed by atoms with Gasteiger partial charge in [0.1, 0.15) is 17.3 Å². The summed E-state index contributed by atoms with van der Waals surface area (Å²) in [6.45, 7) is 4.12. The minimum atomic E-state index is -0.331. The highest BCUT2D eigenvalue weighted by Gasteiger charge is 2.21. The Kier molecular flexibility index (Phi) is 5.08. The van der Waals surface area contributed by atoms with E-state index in [1.165, 1.54) is 12.5 Å². The molecule has 0 saturated carbocycles. The molecule has 6 heteroatoms. The summed E-state index contributed by atoms with van der Waals surface area (Å²) in [5.74, 6) is 0.869. The van der Waals surface area contributed by atoms with Crippen LogP contribution in [0.25, 0.3) is 0 Å². The lowest BCUT2D eigenvalue weighted by Crippen LogP contribution is -2.26. The molecule has 0 spiro atoms. The first-order chi connectivity index (χ1) is 14.0. The molecule has 1 aliphatic rings. The molecule has 0 radical (unpaired) electrons. The summed E-state index contributed by atoms with van der Waals surface area (Å²) >= 11 is 0. The number of benzene rings is 2. The largest absolute Gasteiger partial charge is 0.326 e. The molecule has 0 fully saturated rings. The summed E-state index contributed by atoms with van der Waals surface area (Å²) in [5, 5.41) is 2.83. The Hall–Kier alpha value is -3.54. The number of hydrogen-bond donors (Lipinski definition) is 1. The Morgan fingerprint density at radius 2 is 1.86 bits per heavy atom. The molecular weight excluding hydrogens is 364 g/mol. The Bertz CT molecular complexity index is 1090. The number of hydrogen-bond acceptors (Lipinski definition) is 5. The van der Waals surface area contributed by atoms with E-state index in [1.54, 1.807) is 37.3 Å². The highest BCUT2D eigenvalue weighted by molar-refractivity contribution is 6.04. The van der Waals surface area contributed by atoms with Gasteiger partial charge in [0.15, 0.2) is 5.78 Å². The summed E-state index contributed by atoms with van der Waals surface area (Å²) < 4.78 is 0. The van der Waals surface area contributed by atoms with E-state index < -0.39 is 0 Å². The van der Waals surface area contributed by atoms with Gasteiger partial charge in [0.2, 0.25) is 0 Å². The summed E-state index contributed by atoms with van der Waals surface area (Å²) in [4.78, 5) is 35.4. The van der Waals surface area contributed by atoms with Gasteiger partial charge >= 0.3 is 0 Å². The number of amides is 1. The third-order valence-electron chi connectivity index (χ3n) is 4.97. The van der Waals surface area contributed by atoms with Crippen molar-refractivity contribution in [3.8, 4) is 0 Å². The van der Waals surface area contributed by atoms with Crippen LogP contribution < -0.4 is 10.2 Å². The van der Waals surface area contributed by atoms with Gasteiger partial charge in [-0.3, -0.25) is 9.59 Å². The number of anilines is 3. The number of nitrogens with zero attached hydrogens (tertiary/aromatic N) is 3. The van der Waals surface area contributed by atoms with Crippen LogP contribution in [0.15, 0.2) is 54.6 Å². The van der Waals surface area contributed by atoms with Crippen LogP contribution in [0, 0.1) is 6.92 Å². The van der Waals surface area contributed by atoms with Crippen molar-refractivity contribution in [1.29, 1.82) is 0 Å². The van der Waals surface area contributed by atoms with Gasteiger partial charge in [-0.1, -0.05) is 30.3 Å². The topological polar surface area (TPSA) is 75.2 Å². The average molecular weight is 386 g/mol. The van der Waals surface area contributed by atoms with Crippen LogP contribution in [0.1, 0.15) is 45.6 Å². The summed E-state index contributed by atoms with van der Waals surface area (Å²) in [6, 6.07) is 16.9. The number of carbonyl (C=O) groups excluding carboxylic acids is 2. The van der Waals surface area contributed by atoms with Crippen molar-refractivity contribution >= 4 is 28.9 Å². The Morgan fingerprint density at radius 3 is 2.69 bits per heavy atom. The molecule has 1 amide bonds. The molecule has 6 nitrogen and oxygen atoms in total. The lowest BCUT2D eigenvalue weighted by Gasteiger charge is -2.30. The van der Waals surface area contributed by atoms with Crippen LogP contribution in [0.5, 0.6) is 0 Å². The number of fused-ring (bicyclic) bond motifs is 1. The highest BCUT2D eigenvalue weighted by atomic mass is 16.2. The van der Waals surface area contributed by atoms with Gasteiger partial charge < -0.3 is 10.2 Å². The minimum Gasteiger partial charge on any atom is -0.326 e. The number of ketones is 1. The number of rotatable bonds is 4. The molecule has 1 aliphatic heterocycles. The second-order valence-electron chi connectivity index (χ2n) is 7.13. The third-order valence-corrected chi connectivity index (χ3v) is 4.97. The number of Topliss-reactive ketones (excluding diaryl/α,β-unsaturated/α-hetero) is 1. The fourth-order valence-corrected chi connectivity index (χ4v) is 3.59. The van der Waals surface area contributed by atoms with E-state index in [-0.39, 0.29) is 11.7 Å². The number of aromatic nitrogens is 2. The fourth-order valence-electron chi connectivity index (χ4n) is 3.59. The Balaban J connectivity index is 1.63. The van der Waals surface area contributed by atoms with Gasteiger partial charge in [-0.05, 0) is 50.5 Å². The first kappa shape index (κ1) is 18.8. The van der Waals surface area contributed by atoms with Gasteiger partial charge in [-0.25, -0.2) is 9.97 Å². The van der Waals surface area contributed by atoms with Crippen molar-refractivity contribution in [2.24, 2.45) is 0 Å². The lowest BCUT2D eigenvalue weighted by molar-refractivity contribution is 0.100. The van der Waals surface area contributed by atoms with Crippen molar-refractivity contribution < 1.29 is 9.59 Å². The van der Waals surface area contributed by atoms with Crippen molar-refractivity contribution in [2.75, 3.05) is 16.8 Å². The van der Waals surface area contributed by atoms with E-state index >= 15 is 0 Å². The van der Waals surface area contributed by atoms with Gasteiger partial charge in [-0.2, -0.15) is 0 Å². The van der Waals surface area contributed by atoms with Gasteiger partial charge in [-0.15, -0.1) is 0 Å². The van der Waals surface area contributed by atoms with E-state index in [4.69, 9.17) is 0 Å². The zero-order chi connectivity index (χ0) is 20.4. The second kappa shape index (κ2) is 7.83. The smallest absolute Gasteiger partial charge is 0.274 e. The summed E-state index contributed by atoms with van der Waals surface area (Å²) in [6.07, 6.45) is 2.07.